The Labute approximate surface area is 371 Å². The van der Waals surface area contributed by atoms with Gasteiger partial charge < -0.3 is 37.9 Å². The maximum absolute atomic E-state index is 13.3. The van der Waals surface area contributed by atoms with Crippen LogP contribution in [0.5, 0.6) is 23.0 Å². The summed E-state index contributed by atoms with van der Waals surface area (Å²) in [6, 6.07) is 15.9. The molecule has 0 saturated carbocycles. The predicted octanol–water partition coefficient (Wildman–Crippen LogP) is 6.81. The molecule has 64 heavy (non-hydrogen) atoms. The van der Waals surface area contributed by atoms with Crippen LogP contribution in [0.3, 0.4) is 0 Å². The molecule has 16 nitrogen and oxygen atoms in total. The highest BCUT2D eigenvalue weighted by molar-refractivity contribution is 5.75. The molecule has 4 amide bonds. The summed E-state index contributed by atoms with van der Waals surface area (Å²) < 4.78 is 46.6. The van der Waals surface area contributed by atoms with Gasteiger partial charge in [-0.3, -0.25) is 19.6 Å². The second-order valence-electron chi connectivity index (χ2n) is 16.5. The number of nitrogens with zero attached hydrogens (tertiary/aromatic N) is 4. The van der Waals surface area contributed by atoms with Crippen LogP contribution in [0.25, 0.3) is 0 Å². The average Bonchev–Trinajstić information content (AvgIpc) is 4.13. The van der Waals surface area contributed by atoms with Crippen molar-refractivity contribution in [1.29, 1.82) is 0 Å². The van der Waals surface area contributed by atoms with Gasteiger partial charge >= 0.3 is 24.4 Å². The second kappa shape index (κ2) is 18.1. The molecule has 4 aromatic carbocycles. The highest BCUT2D eigenvalue weighted by Crippen LogP contribution is 2.48. The number of carbonyl (C=O) groups is 4. The average molecular weight is 877 g/mol. The van der Waals surface area contributed by atoms with Gasteiger partial charge in [0, 0.05) is 70.2 Å². The molecule has 0 N–H and O–H groups in total. The maximum Gasteiger partial charge on any atom is 0.410 e. The Bertz CT molecular complexity index is 2060. The van der Waals surface area contributed by atoms with E-state index in [-0.39, 0.29) is 78.8 Å². The van der Waals surface area contributed by atoms with Gasteiger partial charge in [-0.15, -0.1) is 0 Å². The molecule has 0 unspecified atom stereocenters. The first kappa shape index (κ1) is 42.5. The van der Waals surface area contributed by atoms with Crippen molar-refractivity contribution in [2.24, 2.45) is 0 Å². The molecule has 336 valence electrons. The number of hydrogen-bond donors (Lipinski definition) is 0. The van der Waals surface area contributed by atoms with E-state index in [9.17, 15) is 19.2 Å². The van der Waals surface area contributed by atoms with E-state index in [2.05, 4.69) is 0 Å². The molecule has 0 aliphatic carbocycles. The highest BCUT2D eigenvalue weighted by Gasteiger charge is 2.40. The Hall–Kier alpha value is -6.84. The Balaban J connectivity index is 0.896. The van der Waals surface area contributed by atoms with E-state index in [0.29, 0.717) is 48.7 Å². The number of ether oxygens (including phenoxy) is 8. The van der Waals surface area contributed by atoms with Crippen molar-refractivity contribution in [3.63, 3.8) is 0 Å². The summed E-state index contributed by atoms with van der Waals surface area (Å²) in [6.07, 6.45) is 0.340. The van der Waals surface area contributed by atoms with Gasteiger partial charge in [-0.2, -0.15) is 0 Å². The summed E-state index contributed by atoms with van der Waals surface area (Å²) in [6.45, 7) is 3.01. The molecule has 0 atom stereocenters. The Morgan fingerprint density at radius 1 is 0.328 bits per heavy atom. The van der Waals surface area contributed by atoms with Crippen LogP contribution < -0.4 is 18.9 Å². The van der Waals surface area contributed by atoms with Crippen LogP contribution in [0, 0.1) is 0 Å². The summed E-state index contributed by atoms with van der Waals surface area (Å²) in [5, 5.41) is 0. The number of methoxy groups -OCH3 is 4. The second-order valence-corrected chi connectivity index (χ2v) is 16.5. The van der Waals surface area contributed by atoms with E-state index in [4.69, 9.17) is 37.9 Å². The molecular weight excluding hydrogens is 825 g/mol. The molecule has 0 spiro atoms. The quantitative estimate of drug-likeness (QED) is 0.198. The number of amides is 4. The fraction of sp³-hybridized carbons (Fsp3) is 0.417. The van der Waals surface area contributed by atoms with Crippen molar-refractivity contribution >= 4 is 24.4 Å². The summed E-state index contributed by atoms with van der Waals surface area (Å²) in [5.74, 6) is 2.54. The fourth-order valence-electron chi connectivity index (χ4n) is 9.55. The molecule has 0 fully saturated rings. The zero-order chi connectivity index (χ0) is 44.5. The van der Waals surface area contributed by atoms with Crippen LogP contribution in [0.1, 0.15) is 66.8 Å². The Morgan fingerprint density at radius 2 is 0.500 bits per heavy atom. The molecule has 4 aromatic rings. The lowest BCUT2D eigenvalue weighted by atomic mass is 9.98. The van der Waals surface area contributed by atoms with E-state index in [1.165, 1.54) is 0 Å². The van der Waals surface area contributed by atoms with Crippen LogP contribution >= 0.6 is 0 Å². The number of carbonyl (C=O) groups excluding carboxylic acids is 4. The van der Waals surface area contributed by atoms with Crippen LogP contribution in [0.4, 0.5) is 19.2 Å². The van der Waals surface area contributed by atoms with Crippen molar-refractivity contribution in [2.75, 3.05) is 54.9 Å². The summed E-state index contributed by atoms with van der Waals surface area (Å²) in [7, 11) is 6.38. The van der Waals surface area contributed by atoms with Gasteiger partial charge in [-0.05, 0) is 22.3 Å². The topological polar surface area (TPSA) is 155 Å². The molecule has 0 aromatic heterocycles. The normalized spacial score (nSPS) is 17.8. The van der Waals surface area contributed by atoms with E-state index in [1.807, 2.05) is 48.5 Å². The predicted molar refractivity (Wildman–Crippen MR) is 229 cm³/mol. The minimum atomic E-state index is -0.438. The first-order valence-electron chi connectivity index (χ1n) is 21.5. The van der Waals surface area contributed by atoms with Gasteiger partial charge in [-0.1, -0.05) is 48.5 Å². The lowest BCUT2D eigenvalue weighted by Crippen LogP contribution is -2.27. The molecule has 11 aliphatic heterocycles. The highest BCUT2D eigenvalue weighted by atomic mass is 16.6. The molecule has 15 rings (SSSR count). The lowest BCUT2D eigenvalue weighted by Gasteiger charge is -2.17. The number of rotatable bonds is 4. The van der Waals surface area contributed by atoms with E-state index < -0.39 is 24.4 Å². The SMILES string of the molecule is COc1c2c3c(OC)c4c1CN(C4)C(=O)OCCc1ccc(cc1)CCOC(=O)N1Cc4c(c(OC)c5c(c4OC)CN(C5)C(=O)OCCc4ccc(cc4)CCOC(=O)N(C2)C3)C1. The van der Waals surface area contributed by atoms with Crippen molar-refractivity contribution < 1.29 is 57.1 Å². The number of hydrogen-bond acceptors (Lipinski definition) is 12. The van der Waals surface area contributed by atoms with E-state index in [0.717, 1.165) is 66.8 Å². The van der Waals surface area contributed by atoms with Gasteiger partial charge in [0.05, 0.1) is 107 Å². The molecule has 11 heterocycles. The van der Waals surface area contributed by atoms with Crippen molar-refractivity contribution in [3.8, 4) is 23.0 Å². The summed E-state index contributed by atoms with van der Waals surface area (Å²) in [4.78, 5) is 59.9. The van der Waals surface area contributed by atoms with Crippen LogP contribution in [0.2, 0.25) is 0 Å². The van der Waals surface area contributed by atoms with Crippen LogP contribution in [0.15, 0.2) is 48.5 Å². The van der Waals surface area contributed by atoms with Gasteiger partial charge in [0.2, 0.25) is 0 Å². The van der Waals surface area contributed by atoms with Crippen molar-refractivity contribution in [2.45, 2.75) is 78.0 Å². The van der Waals surface area contributed by atoms with Gasteiger partial charge in [-0.25, -0.2) is 19.2 Å². The third-order valence-corrected chi connectivity index (χ3v) is 12.8. The third kappa shape index (κ3) is 8.12. The molecule has 16 heteroatoms. The zero-order valence-electron chi connectivity index (χ0n) is 36.6. The number of benzene rings is 4. The fourth-order valence-corrected chi connectivity index (χ4v) is 9.55. The molecular formula is C48H52N4O12. The van der Waals surface area contributed by atoms with Crippen LogP contribution in [-0.4, -0.2) is 98.8 Å². The first-order chi connectivity index (χ1) is 31.2. The van der Waals surface area contributed by atoms with E-state index in [1.54, 1.807) is 48.0 Å². The minimum absolute atomic E-state index is 0.192. The van der Waals surface area contributed by atoms with E-state index >= 15 is 0 Å². The summed E-state index contributed by atoms with van der Waals surface area (Å²) >= 11 is 0. The molecule has 0 radical (unpaired) electrons. The molecule has 11 aliphatic rings. The summed E-state index contributed by atoms with van der Waals surface area (Å²) in [5.41, 5.74) is 10.7. The van der Waals surface area contributed by atoms with Crippen molar-refractivity contribution in [1.82, 2.24) is 19.6 Å². The van der Waals surface area contributed by atoms with Gasteiger partial charge in [0.15, 0.2) is 0 Å². The minimum Gasteiger partial charge on any atom is -0.496 e. The zero-order valence-corrected chi connectivity index (χ0v) is 36.6. The maximum atomic E-state index is 13.3. The smallest absolute Gasteiger partial charge is 0.410 e. The molecule has 16 bridgehead atoms. The van der Waals surface area contributed by atoms with Gasteiger partial charge in [0.25, 0.3) is 0 Å². The largest absolute Gasteiger partial charge is 0.496 e. The third-order valence-electron chi connectivity index (χ3n) is 12.8. The van der Waals surface area contributed by atoms with Crippen LogP contribution in [-0.2, 0) is 97.0 Å². The van der Waals surface area contributed by atoms with Gasteiger partial charge in [0.1, 0.15) is 23.0 Å². The Morgan fingerprint density at radius 3 is 0.656 bits per heavy atom. The standard InChI is InChI=1S/C48H52N4O12/c1-57-41-33-21-49-23-35(33)42(58-2)36-24-50(22-34(36)41)46(54)62-18-14-30-7-11-32(12-8-30)16-20-64-48(56)52-26-38-40(28-52)44(60-4)39-27-51(25-37(39)43(38)59-3)47(55)63-19-15-31-9-5-29(6-10-31)13-17-61-45(49)53/h5-12H,13-28H2,1-4H3. The monoisotopic (exact) mass is 876 g/mol. The Kier molecular flexibility index (Phi) is 12.0. The molecule has 0 saturated heterocycles. The van der Waals surface area contributed by atoms with Crippen molar-refractivity contribution in [3.05, 3.63) is 115 Å². The lowest BCUT2D eigenvalue weighted by molar-refractivity contribution is 0.101. The first-order valence-corrected chi connectivity index (χ1v) is 21.5.